The summed E-state index contributed by atoms with van der Waals surface area (Å²) in [6.45, 7) is 1.08. The Labute approximate surface area is 79.1 Å². The average molecular weight is 186 g/mol. The topological polar surface area (TPSA) is 43.8 Å². The van der Waals surface area contributed by atoms with Gasteiger partial charge in [0.1, 0.15) is 0 Å². The summed E-state index contributed by atoms with van der Waals surface area (Å²) in [5.74, 6) is 0.151. The van der Waals surface area contributed by atoms with Gasteiger partial charge in [0, 0.05) is 19.6 Å². The fraction of sp³-hybridized carbons (Fsp3) is 0.889. The van der Waals surface area contributed by atoms with Crippen molar-refractivity contribution in [3.63, 3.8) is 0 Å². The minimum Gasteiger partial charge on any atom is -0.395 e. The maximum absolute atomic E-state index is 11.5. The molecule has 4 nitrogen and oxygen atoms in total. The van der Waals surface area contributed by atoms with E-state index < -0.39 is 0 Å². The van der Waals surface area contributed by atoms with Crippen LogP contribution in [0.5, 0.6) is 0 Å². The molecule has 13 heavy (non-hydrogen) atoms. The number of hydrogen-bond donors (Lipinski definition) is 1. The first-order valence-corrected chi connectivity index (χ1v) is 4.70. The molecule has 1 saturated carbocycles. The third-order valence-corrected chi connectivity index (χ3v) is 2.37. The first-order chi connectivity index (χ1) is 6.15. The molecule has 1 aliphatic rings. The van der Waals surface area contributed by atoms with Crippen LogP contribution in [0.1, 0.15) is 12.8 Å². The van der Waals surface area contributed by atoms with Crippen LogP contribution in [0.3, 0.4) is 0 Å². The van der Waals surface area contributed by atoms with Crippen molar-refractivity contribution in [3.05, 3.63) is 0 Å². The van der Waals surface area contributed by atoms with Crippen LogP contribution in [0.2, 0.25) is 0 Å². The Kier molecular flexibility index (Phi) is 3.69. The van der Waals surface area contributed by atoms with E-state index in [0.717, 1.165) is 12.8 Å². The number of likely N-dealkylation sites (N-methyl/N-ethyl adjacent to an activating group) is 2. The third-order valence-electron chi connectivity index (χ3n) is 2.37. The molecular weight excluding hydrogens is 168 g/mol. The van der Waals surface area contributed by atoms with Crippen molar-refractivity contribution in [2.75, 3.05) is 33.8 Å². The Morgan fingerprint density at radius 3 is 2.54 bits per heavy atom. The summed E-state index contributed by atoms with van der Waals surface area (Å²) in [5, 5.41) is 8.64. The molecule has 1 fully saturated rings. The molecule has 0 spiro atoms. The Hall–Kier alpha value is -0.610. The van der Waals surface area contributed by atoms with Gasteiger partial charge in [-0.3, -0.25) is 9.69 Å². The van der Waals surface area contributed by atoms with Crippen molar-refractivity contribution in [2.24, 2.45) is 0 Å². The van der Waals surface area contributed by atoms with Crippen molar-refractivity contribution >= 4 is 5.91 Å². The van der Waals surface area contributed by atoms with E-state index in [9.17, 15) is 4.79 Å². The number of carbonyl (C=O) groups is 1. The van der Waals surface area contributed by atoms with Crippen LogP contribution in [0, 0.1) is 0 Å². The zero-order chi connectivity index (χ0) is 9.84. The second kappa shape index (κ2) is 4.58. The maximum Gasteiger partial charge on any atom is 0.236 e. The molecule has 0 bridgehead atoms. The fourth-order valence-corrected chi connectivity index (χ4v) is 1.26. The molecule has 0 heterocycles. The molecule has 1 rings (SSSR count). The van der Waals surface area contributed by atoms with Gasteiger partial charge < -0.3 is 10.0 Å². The number of aliphatic hydroxyl groups excluding tert-OH is 1. The number of carbonyl (C=O) groups excluding carboxylic acids is 1. The van der Waals surface area contributed by atoms with Gasteiger partial charge in [0.15, 0.2) is 0 Å². The summed E-state index contributed by atoms with van der Waals surface area (Å²) in [5.41, 5.74) is 0. The van der Waals surface area contributed by atoms with Crippen molar-refractivity contribution in [3.8, 4) is 0 Å². The van der Waals surface area contributed by atoms with Crippen LogP contribution in [0.4, 0.5) is 0 Å². The Bertz CT molecular complexity index is 180. The molecule has 0 aromatic heterocycles. The van der Waals surface area contributed by atoms with E-state index in [1.54, 1.807) is 0 Å². The highest BCUT2D eigenvalue weighted by molar-refractivity contribution is 5.78. The first kappa shape index (κ1) is 10.5. The number of hydrogen-bond acceptors (Lipinski definition) is 3. The molecule has 0 radical (unpaired) electrons. The lowest BCUT2D eigenvalue weighted by molar-refractivity contribution is -0.131. The minimum atomic E-state index is 0.108. The van der Waals surface area contributed by atoms with Crippen LogP contribution in [-0.4, -0.2) is 60.6 Å². The van der Waals surface area contributed by atoms with Crippen molar-refractivity contribution in [1.29, 1.82) is 0 Å². The second-order valence-corrected chi connectivity index (χ2v) is 3.70. The van der Waals surface area contributed by atoms with Gasteiger partial charge in [0.2, 0.25) is 5.91 Å². The number of amides is 1. The predicted octanol–water partition coefficient (Wildman–Crippen LogP) is -0.469. The summed E-state index contributed by atoms with van der Waals surface area (Å²) in [6, 6.07) is 0.482. The SMILES string of the molecule is CN(CCO)CC(=O)N(C)C1CC1. The van der Waals surface area contributed by atoms with Crippen molar-refractivity contribution in [2.45, 2.75) is 18.9 Å². The van der Waals surface area contributed by atoms with Crippen LogP contribution in [0.15, 0.2) is 0 Å². The summed E-state index contributed by atoms with van der Waals surface area (Å²) in [7, 11) is 3.70. The summed E-state index contributed by atoms with van der Waals surface area (Å²) in [4.78, 5) is 15.2. The number of nitrogens with zero attached hydrogens (tertiary/aromatic N) is 2. The smallest absolute Gasteiger partial charge is 0.236 e. The largest absolute Gasteiger partial charge is 0.395 e. The third kappa shape index (κ3) is 3.32. The molecule has 1 N–H and O–H groups in total. The molecule has 4 heteroatoms. The van der Waals surface area contributed by atoms with Gasteiger partial charge in [0.25, 0.3) is 0 Å². The van der Waals surface area contributed by atoms with Gasteiger partial charge >= 0.3 is 0 Å². The predicted molar refractivity (Wildman–Crippen MR) is 50.4 cm³/mol. The van der Waals surface area contributed by atoms with Gasteiger partial charge in [0.05, 0.1) is 13.2 Å². The summed E-state index contributed by atoms with van der Waals surface area (Å²) >= 11 is 0. The van der Waals surface area contributed by atoms with Crippen molar-refractivity contribution in [1.82, 2.24) is 9.80 Å². The van der Waals surface area contributed by atoms with Gasteiger partial charge in [-0.15, -0.1) is 0 Å². The van der Waals surface area contributed by atoms with E-state index in [0.29, 0.717) is 19.1 Å². The first-order valence-electron chi connectivity index (χ1n) is 4.70. The van der Waals surface area contributed by atoms with Gasteiger partial charge in [-0.05, 0) is 19.9 Å². The highest BCUT2D eigenvalue weighted by Crippen LogP contribution is 2.25. The molecular formula is C9H18N2O2. The zero-order valence-corrected chi connectivity index (χ0v) is 8.36. The zero-order valence-electron chi connectivity index (χ0n) is 8.36. The standard InChI is InChI=1S/C9H18N2O2/c1-10(5-6-12)7-9(13)11(2)8-3-4-8/h8,12H,3-7H2,1-2H3. The Morgan fingerprint density at radius 1 is 1.46 bits per heavy atom. The highest BCUT2D eigenvalue weighted by atomic mass is 16.3. The monoisotopic (exact) mass is 186 g/mol. The van der Waals surface area contributed by atoms with E-state index in [-0.39, 0.29) is 12.5 Å². The Balaban J connectivity index is 2.22. The van der Waals surface area contributed by atoms with Crippen LogP contribution < -0.4 is 0 Å². The van der Waals surface area contributed by atoms with E-state index in [1.165, 1.54) is 0 Å². The molecule has 0 aliphatic heterocycles. The molecule has 76 valence electrons. The molecule has 0 aromatic carbocycles. The molecule has 1 aliphatic carbocycles. The minimum absolute atomic E-state index is 0.108. The lowest BCUT2D eigenvalue weighted by Gasteiger charge is -2.20. The van der Waals surface area contributed by atoms with Gasteiger partial charge in [-0.1, -0.05) is 0 Å². The molecule has 0 atom stereocenters. The van der Waals surface area contributed by atoms with Crippen LogP contribution >= 0.6 is 0 Å². The molecule has 0 unspecified atom stereocenters. The van der Waals surface area contributed by atoms with E-state index in [1.807, 2.05) is 23.9 Å². The maximum atomic E-state index is 11.5. The van der Waals surface area contributed by atoms with E-state index >= 15 is 0 Å². The number of rotatable bonds is 5. The van der Waals surface area contributed by atoms with Gasteiger partial charge in [-0.25, -0.2) is 0 Å². The van der Waals surface area contributed by atoms with Crippen LogP contribution in [0.25, 0.3) is 0 Å². The lowest BCUT2D eigenvalue weighted by Crippen LogP contribution is -2.38. The molecule has 0 saturated heterocycles. The number of aliphatic hydroxyl groups is 1. The summed E-state index contributed by atoms with van der Waals surface area (Å²) in [6.07, 6.45) is 2.29. The summed E-state index contributed by atoms with van der Waals surface area (Å²) < 4.78 is 0. The van der Waals surface area contributed by atoms with Gasteiger partial charge in [-0.2, -0.15) is 0 Å². The molecule has 0 aromatic rings. The van der Waals surface area contributed by atoms with Crippen LogP contribution in [-0.2, 0) is 4.79 Å². The Morgan fingerprint density at radius 2 is 2.08 bits per heavy atom. The normalized spacial score (nSPS) is 16.3. The quantitative estimate of drug-likeness (QED) is 0.631. The fourth-order valence-electron chi connectivity index (χ4n) is 1.26. The van der Waals surface area contributed by atoms with E-state index in [4.69, 9.17) is 5.11 Å². The molecule has 1 amide bonds. The van der Waals surface area contributed by atoms with E-state index in [2.05, 4.69) is 0 Å². The second-order valence-electron chi connectivity index (χ2n) is 3.70. The average Bonchev–Trinajstić information content (AvgIpc) is 2.85. The highest BCUT2D eigenvalue weighted by Gasteiger charge is 2.29. The lowest BCUT2D eigenvalue weighted by atomic mass is 10.4. The van der Waals surface area contributed by atoms with Crippen molar-refractivity contribution < 1.29 is 9.90 Å².